The van der Waals surface area contributed by atoms with Crippen LogP contribution in [0, 0.1) is 0 Å². The maximum atomic E-state index is 13.0. The van der Waals surface area contributed by atoms with Crippen molar-refractivity contribution in [1.29, 1.82) is 0 Å². The van der Waals surface area contributed by atoms with Crippen LogP contribution in [0.3, 0.4) is 0 Å². The Balaban J connectivity index is 0.00000261. The number of nitrogens with one attached hydrogen (secondary N) is 1. The maximum absolute atomic E-state index is 13.0. The summed E-state index contributed by atoms with van der Waals surface area (Å²) in [5.74, 6) is 0.694. The Morgan fingerprint density at radius 2 is 2.15 bits per heavy atom. The van der Waals surface area contributed by atoms with Gasteiger partial charge in [0, 0.05) is 31.4 Å². The molecule has 0 saturated carbocycles. The van der Waals surface area contributed by atoms with E-state index in [0.717, 1.165) is 24.9 Å². The summed E-state index contributed by atoms with van der Waals surface area (Å²) >= 11 is 12.0. The minimum atomic E-state index is -0.410. The zero-order valence-electron chi connectivity index (χ0n) is 15.2. The van der Waals surface area contributed by atoms with E-state index in [1.165, 1.54) is 0 Å². The number of piperidine rings is 1. The molecule has 3 rings (SSSR count). The first kappa shape index (κ1) is 21.8. The quantitative estimate of drug-likeness (QED) is 0.784. The highest BCUT2D eigenvalue weighted by atomic mass is 35.5. The molecular weight excluding hydrogens is 411 g/mol. The second kappa shape index (κ2) is 9.64. The minimum Gasteiger partial charge on any atom is -0.489 e. The van der Waals surface area contributed by atoms with Crippen molar-refractivity contribution in [3.8, 4) is 5.75 Å². The molecule has 1 aliphatic rings. The molecule has 148 valence electrons. The fraction of sp³-hybridized carbons (Fsp3) is 0.444. The van der Waals surface area contributed by atoms with Gasteiger partial charge in [0.05, 0.1) is 22.8 Å². The van der Waals surface area contributed by atoms with Crippen LogP contribution < -0.4 is 10.1 Å². The summed E-state index contributed by atoms with van der Waals surface area (Å²) in [5, 5.41) is 8.20. The number of carbonyl (C=O) groups excluding carboxylic acids is 1. The summed E-state index contributed by atoms with van der Waals surface area (Å²) < 4.78 is 7.71. The Labute approximate surface area is 175 Å². The Bertz CT molecular complexity index is 784. The second-order valence-electron chi connectivity index (χ2n) is 6.41. The smallest absolute Gasteiger partial charge is 0.244 e. The van der Waals surface area contributed by atoms with Crippen molar-refractivity contribution in [2.75, 3.05) is 20.1 Å². The van der Waals surface area contributed by atoms with E-state index in [9.17, 15) is 4.79 Å². The largest absolute Gasteiger partial charge is 0.489 e. The Kier molecular flexibility index (Phi) is 7.79. The molecule has 0 bridgehead atoms. The van der Waals surface area contributed by atoms with E-state index in [1.807, 2.05) is 18.1 Å². The molecule has 1 fully saturated rings. The van der Waals surface area contributed by atoms with E-state index >= 15 is 0 Å². The molecule has 27 heavy (non-hydrogen) atoms. The first-order valence-corrected chi connectivity index (χ1v) is 9.30. The summed E-state index contributed by atoms with van der Waals surface area (Å²) in [6, 6.07) is 4.80. The van der Waals surface area contributed by atoms with Crippen molar-refractivity contribution in [2.45, 2.75) is 25.0 Å². The van der Waals surface area contributed by atoms with Crippen molar-refractivity contribution < 1.29 is 9.53 Å². The third kappa shape index (κ3) is 5.29. The molecule has 0 radical (unpaired) electrons. The molecule has 2 aromatic rings. The van der Waals surface area contributed by atoms with E-state index in [1.54, 1.807) is 36.1 Å². The monoisotopic (exact) mass is 432 g/mol. The zero-order valence-corrected chi connectivity index (χ0v) is 17.5. The number of benzene rings is 1. The van der Waals surface area contributed by atoms with E-state index in [0.29, 0.717) is 22.3 Å². The minimum absolute atomic E-state index is 0. The molecule has 1 aromatic heterocycles. The molecule has 1 amide bonds. The standard InChI is InChI=1S/C18H22Cl2N4O2.ClH/c1-21-17(12-9-22-23(2)10-12)18(25)24-7-3-4-14(11-24)26-13-5-6-15(19)16(20)8-13;/h5-6,8-10,14,17,21H,3-4,7,11H2,1-2H3;1H. The van der Waals surface area contributed by atoms with Crippen molar-refractivity contribution in [1.82, 2.24) is 20.0 Å². The third-order valence-electron chi connectivity index (χ3n) is 4.48. The van der Waals surface area contributed by atoms with Crippen LogP contribution in [0.25, 0.3) is 0 Å². The molecule has 9 heteroatoms. The van der Waals surface area contributed by atoms with Gasteiger partial charge in [0.1, 0.15) is 17.9 Å². The van der Waals surface area contributed by atoms with Gasteiger partial charge in [0.25, 0.3) is 0 Å². The maximum Gasteiger partial charge on any atom is 0.244 e. The molecule has 6 nitrogen and oxygen atoms in total. The van der Waals surface area contributed by atoms with Gasteiger partial charge >= 0.3 is 0 Å². The number of hydrogen-bond acceptors (Lipinski definition) is 4. The fourth-order valence-corrected chi connectivity index (χ4v) is 3.47. The summed E-state index contributed by atoms with van der Waals surface area (Å²) in [4.78, 5) is 14.8. The van der Waals surface area contributed by atoms with Gasteiger partial charge in [0.2, 0.25) is 5.91 Å². The van der Waals surface area contributed by atoms with E-state index in [-0.39, 0.29) is 24.4 Å². The molecule has 1 aliphatic heterocycles. The van der Waals surface area contributed by atoms with Crippen LogP contribution in [0.15, 0.2) is 30.6 Å². The average Bonchev–Trinajstić information content (AvgIpc) is 3.05. The van der Waals surface area contributed by atoms with Gasteiger partial charge in [-0.25, -0.2) is 0 Å². The van der Waals surface area contributed by atoms with Crippen LogP contribution in [0.4, 0.5) is 0 Å². The fourth-order valence-electron chi connectivity index (χ4n) is 3.18. The van der Waals surface area contributed by atoms with Gasteiger partial charge in [-0.1, -0.05) is 23.2 Å². The number of ether oxygens (including phenoxy) is 1. The van der Waals surface area contributed by atoms with Crippen LogP contribution in [0.2, 0.25) is 10.0 Å². The summed E-state index contributed by atoms with van der Waals surface area (Å²) in [6.45, 7) is 1.26. The number of aryl methyl sites for hydroxylation is 1. The van der Waals surface area contributed by atoms with E-state index in [4.69, 9.17) is 27.9 Å². The zero-order chi connectivity index (χ0) is 18.7. The lowest BCUT2D eigenvalue weighted by Gasteiger charge is -2.34. The Morgan fingerprint density at radius 1 is 1.37 bits per heavy atom. The number of nitrogens with zero attached hydrogens (tertiary/aromatic N) is 3. The van der Waals surface area contributed by atoms with E-state index in [2.05, 4.69) is 10.4 Å². The first-order valence-electron chi connectivity index (χ1n) is 8.54. The number of amides is 1. The van der Waals surface area contributed by atoms with Crippen LogP contribution in [0.1, 0.15) is 24.4 Å². The van der Waals surface area contributed by atoms with Gasteiger partial charge in [-0.05, 0) is 32.0 Å². The number of aromatic nitrogens is 2. The highest BCUT2D eigenvalue weighted by Gasteiger charge is 2.30. The topological polar surface area (TPSA) is 59.4 Å². The first-order chi connectivity index (χ1) is 12.5. The van der Waals surface area contributed by atoms with Gasteiger partial charge < -0.3 is 15.0 Å². The lowest BCUT2D eigenvalue weighted by atomic mass is 10.0. The highest BCUT2D eigenvalue weighted by Crippen LogP contribution is 2.28. The third-order valence-corrected chi connectivity index (χ3v) is 5.22. The van der Waals surface area contributed by atoms with E-state index < -0.39 is 6.04 Å². The number of halogens is 3. The van der Waals surface area contributed by atoms with Gasteiger partial charge in [0.15, 0.2) is 0 Å². The lowest BCUT2D eigenvalue weighted by molar-refractivity contribution is -0.136. The predicted molar refractivity (Wildman–Crippen MR) is 109 cm³/mol. The van der Waals surface area contributed by atoms with Crippen LogP contribution in [-0.4, -0.2) is 46.8 Å². The number of hydrogen-bond donors (Lipinski definition) is 1. The van der Waals surface area contributed by atoms with Gasteiger partial charge in [-0.3, -0.25) is 9.48 Å². The molecule has 2 atom stereocenters. The molecule has 2 unspecified atom stereocenters. The molecule has 1 N–H and O–H groups in total. The molecule has 1 saturated heterocycles. The van der Waals surface area contributed by atoms with Crippen molar-refractivity contribution in [3.05, 3.63) is 46.2 Å². The number of likely N-dealkylation sites (tertiary alicyclic amines) is 1. The lowest BCUT2D eigenvalue weighted by Crippen LogP contribution is -2.48. The molecule has 1 aromatic carbocycles. The summed E-state index contributed by atoms with van der Waals surface area (Å²) in [6.07, 6.45) is 5.28. The summed E-state index contributed by atoms with van der Waals surface area (Å²) in [7, 11) is 3.62. The molecule has 0 spiro atoms. The Morgan fingerprint density at radius 3 is 2.78 bits per heavy atom. The van der Waals surface area contributed by atoms with Crippen molar-refractivity contribution in [3.63, 3.8) is 0 Å². The summed E-state index contributed by atoms with van der Waals surface area (Å²) in [5.41, 5.74) is 0.854. The van der Waals surface area contributed by atoms with Gasteiger partial charge in [-0.2, -0.15) is 5.10 Å². The molecular formula is C18H23Cl3N4O2. The highest BCUT2D eigenvalue weighted by molar-refractivity contribution is 6.42. The normalized spacial score (nSPS) is 17.9. The van der Waals surface area contributed by atoms with Crippen LogP contribution in [-0.2, 0) is 11.8 Å². The molecule has 2 heterocycles. The molecule has 0 aliphatic carbocycles. The van der Waals surface area contributed by atoms with Crippen molar-refractivity contribution in [2.24, 2.45) is 7.05 Å². The van der Waals surface area contributed by atoms with Gasteiger partial charge in [-0.15, -0.1) is 12.4 Å². The number of rotatable bonds is 5. The predicted octanol–water partition coefficient (Wildman–Crippen LogP) is 3.48. The SMILES string of the molecule is CNC(C(=O)N1CCCC(Oc2ccc(Cl)c(Cl)c2)C1)c1cnn(C)c1.Cl. The van der Waals surface area contributed by atoms with Crippen LogP contribution in [0.5, 0.6) is 5.75 Å². The Hall–Kier alpha value is -1.47. The average molecular weight is 434 g/mol. The number of carbonyl (C=O) groups is 1. The van der Waals surface area contributed by atoms with Crippen molar-refractivity contribution >= 4 is 41.5 Å². The number of likely N-dealkylation sites (N-methyl/N-ethyl adjacent to an activating group) is 1. The second-order valence-corrected chi connectivity index (χ2v) is 7.23. The van der Waals surface area contributed by atoms with Crippen LogP contribution >= 0.6 is 35.6 Å².